The molecule has 2 heterocycles. The fourth-order valence-electron chi connectivity index (χ4n) is 4.24. The van der Waals surface area contributed by atoms with E-state index in [0.29, 0.717) is 5.69 Å². The summed E-state index contributed by atoms with van der Waals surface area (Å²) in [5.41, 5.74) is 1.16. The maximum atomic E-state index is 12.7. The van der Waals surface area contributed by atoms with E-state index in [1.165, 1.54) is 0 Å². The molecule has 2 fully saturated rings. The molecule has 5 nitrogen and oxygen atoms in total. The molecule has 3 aliphatic rings. The number of hydrogen-bond donors (Lipinski definition) is 1. The van der Waals surface area contributed by atoms with Crippen molar-refractivity contribution in [1.82, 2.24) is 4.90 Å². The molecule has 1 aliphatic carbocycles. The average molecular weight is 368 g/mol. The number of nitrogens with zero attached hydrogens (tertiary/aromatic N) is 2. The summed E-state index contributed by atoms with van der Waals surface area (Å²) in [4.78, 5) is 27.6. The van der Waals surface area contributed by atoms with Gasteiger partial charge in [-0.1, -0.05) is 18.2 Å². The number of anilines is 1. The Bertz CT molecular complexity index is 747. The highest BCUT2D eigenvalue weighted by atomic mass is 19.4. The van der Waals surface area contributed by atoms with Crippen LogP contribution in [0.3, 0.4) is 0 Å². The molecular formula is C18H19F3N2O3. The van der Waals surface area contributed by atoms with Gasteiger partial charge in [-0.25, -0.2) is 0 Å². The van der Waals surface area contributed by atoms with Gasteiger partial charge in [-0.3, -0.25) is 9.59 Å². The summed E-state index contributed by atoms with van der Waals surface area (Å²) in [6, 6.07) is 6.06. The van der Waals surface area contributed by atoms with Gasteiger partial charge in [0, 0.05) is 24.1 Å². The normalized spacial score (nSPS) is 27.5. The highest BCUT2D eigenvalue weighted by Crippen LogP contribution is 2.50. The summed E-state index contributed by atoms with van der Waals surface area (Å²) >= 11 is 0. The molecule has 26 heavy (non-hydrogen) atoms. The Hall–Kier alpha value is -2.09. The molecule has 1 aromatic carbocycles. The number of benzene rings is 1. The lowest BCUT2D eigenvalue weighted by Gasteiger charge is -2.59. The number of para-hydroxylation sites is 1. The second kappa shape index (κ2) is 5.97. The molecule has 3 atom stereocenters. The van der Waals surface area contributed by atoms with Crippen molar-refractivity contribution in [3.63, 3.8) is 0 Å². The van der Waals surface area contributed by atoms with Crippen LogP contribution in [0.5, 0.6) is 0 Å². The number of halogens is 3. The van der Waals surface area contributed by atoms with E-state index in [1.54, 1.807) is 29.2 Å². The van der Waals surface area contributed by atoms with Crippen LogP contribution in [0.4, 0.5) is 18.9 Å². The first kappa shape index (κ1) is 17.3. The summed E-state index contributed by atoms with van der Waals surface area (Å²) in [6.45, 7) is -0.171. The predicted molar refractivity (Wildman–Crippen MR) is 86.4 cm³/mol. The molecule has 4 rings (SSSR count). The molecular weight excluding hydrogens is 349 g/mol. The first-order valence-electron chi connectivity index (χ1n) is 8.71. The zero-order valence-corrected chi connectivity index (χ0v) is 13.9. The maximum Gasteiger partial charge on any atom is 0.397 e. The maximum absolute atomic E-state index is 12.7. The second-order valence-electron chi connectivity index (χ2n) is 7.22. The monoisotopic (exact) mass is 368 g/mol. The Kier molecular flexibility index (Phi) is 3.98. The molecule has 0 aromatic heterocycles. The predicted octanol–water partition coefficient (Wildman–Crippen LogP) is 2.05. The van der Waals surface area contributed by atoms with Crippen molar-refractivity contribution in [3.8, 4) is 0 Å². The molecule has 1 saturated heterocycles. The summed E-state index contributed by atoms with van der Waals surface area (Å²) in [7, 11) is 0. The molecule has 0 unspecified atom stereocenters. The van der Waals surface area contributed by atoms with E-state index < -0.39 is 18.5 Å². The minimum atomic E-state index is -4.58. The van der Waals surface area contributed by atoms with Gasteiger partial charge in [-0.05, 0) is 24.5 Å². The van der Waals surface area contributed by atoms with E-state index in [-0.39, 0.29) is 43.0 Å². The van der Waals surface area contributed by atoms with Crippen LogP contribution < -0.4 is 4.90 Å². The average Bonchev–Trinajstić information content (AvgIpc) is 3.38. The molecule has 1 aromatic rings. The molecule has 0 bridgehead atoms. The number of carbonyl (C=O) groups is 2. The van der Waals surface area contributed by atoms with Crippen LogP contribution in [0.2, 0.25) is 0 Å². The van der Waals surface area contributed by atoms with Crippen LogP contribution in [0, 0.1) is 5.92 Å². The second-order valence-corrected chi connectivity index (χ2v) is 7.22. The molecule has 2 aliphatic heterocycles. The van der Waals surface area contributed by atoms with E-state index in [1.807, 2.05) is 0 Å². The van der Waals surface area contributed by atoms with Crippen molar-refractivity contribution in [2.45, 2.75) is 43.4 Å². The zero-order valence-electron chi connectivity index (χ0n) is 13.9. The minimum Gasteiger partial charge on any atom is -0.394 e. The first-order chi connectivity index (χ1) is 12.3. The Morgan fingerprint density at radius 3 is 2.50 bits per heavy atom. The quantitative estimate of drug-likeness (QED) is 0.888. The smallest absolute Gasteiger partial charge is 0.394 e. The van der Waals surface area contributed by atoms with Gasteiger partial charge in [-0.2, -0.15) is 13.2 Å². The molecule has 2 amide bonds. The van der Waals surface area contributed by atoms with Crippen molar-refractivity contribution in [3.05, 3.63) is 29.8 Å². The topological polar surface area (TPSA) is 60.9 Å². The van der Waals surface area contributed by atoms with Crippen LogP contribution in [-0.4, -0.2) is 53.2 Å². The Morgan fingerprint density at radius 1 is 1.19 bits per heavy atom. The van der Waals surface area contributed by atoms with Gasteiger partial charge in [0.1, 0.15) is 6.42 Å². The molecule has 140 valence electrons. The van der Waals surface area contributed by atoms with Crippen molar-refractivity contribution in [2.75, 3.05) is 18.1 Å². The number of aliphatic hydroxyl groups excluding tert-OH is 1. The van der Waals surface area contributed by atoms with Crippen LogP contribution in [0.25, 0.3) is 0 Å². The summed E-state index contributed by atoms with van der Waals surface area (Å²) in [6.07, 6.45) is -4.51. The van der Waals surface area contributed by atoms with E-state index in [4.69, 9.17) is 0 Å². The van der Waals surface area contributed by atoms with Crippen LogP contribution in [0.15, 0.2) is 24.3 Å². The lowest BCUT2D eigenvalue weighted by atomic mass is 9.71. The van der Waals surface area contributed by atoms with Gasteiger partial charge in [0.15, 0.2) is 0 Å². The lowest BCUT2D eigenvalue weighted by molar-refractivity contribution is -0.156. The number of hydrogen-bond acceptors (Lipinski definition) is 3. The van der Waals surface area contributed by atoms with Gasteiger partial charge < -0.3 is 14.9 Å². The van der Waals surface area contributed by atoms with Crippen LogP contribution in [-0.2, 0) is 9.59 Å². The van der Waals surface area contributed by atoms with Gasteiger partial charge in [0.25, 0.3) is 0 Å². The number of fused-ring (bicyclic) bond motifs is 3. The lowest BCUT2D eigenvalue weighted by Crippen LogP contribution is -2.71. The molecule has 1 N–H and O–H groups in total. The third-order valence-corrected chi connectivity index (χ3v) is 5.52. The zero-order chi connectivity index (χ0) is 18.6. The molecule has 1 saturated carbocycles. The molecule has 0 radical (unpaired) electrons. The molecule has 0 spiro atoms. The van der Waals surface area contributed by atoms with Crippen LogP contribution in [0.1, 0.15) is 30.7 Å². The Balaban J connectivity index is 1.67. The Morgan fingerprint density at radius 2 is 1.88 bits per heavy atom. The first-order valence-corrected chi connectivity index (χ1v) is 8.71. The van der Waals surface area contributed by atoms with E-state index >= 15 is 0 Å². The van der Waals surface area contributed by atoms with Crippen LogP contribution >= 0.6 is 0 Å². The third-order valence-electron chi connectivity index (χ3n) is 5.52. The summed E-state index contributed by atoms with van der Waals surface area (Å²) in [5, 5.41) is 9.78. The highest BCUT2D eigenvalue weighted by molar-refractivity contribution is 5.96. The van der Waals surface area contributed by atoms with Gasteiger partial charge >= 0.3 is 6.18 Å². The van der Waals surface area contributed by atoms with Gasteiger partial charge in [0.2, 0.25) is 11.8 Å². The SMILES string of the molecule is O=C(CC(F)(F)F)N1C[C@@H]2[C@H](c3ccccc31)[C@@H](CO)N2C(=O)C1CC1. The fourth-order valence-corrected chi connectivity index (χ4v) is 4.24. The van der Waals surface area contributed by atoms with Gasteiger partial charge in [-0.15, -0.1) is 0 Å². The number of carbonyl (C=O) groups excluding carboxylic acids is 2. The third kappa shape index (κ3) is 2.76. The highest BCUT2D eigenvalue weighted by Gasteiger charge is 2.57. The Labute approximate surface area is 148 Å². The fraction of sp³-hybridized carbons (Fsp3) is 0.556. The number of alkyl halides is 3. The van der Waals surface area contributed by atoms with E-state index in [2.05, 4.69) is 0 Å². The number of rotatable bonds is 3. The van der Waals surface area contributed by atoms with Crippen molar-refractivity contribution in [2.24, 2.45) is 5.92 Å². The largest absolute Gasteiger partial charge is 0.397 e. The summed E-state index contributed by atoms with van der Waals surface area (Å²) in [5.74, 6) is -1.29. The van der Waals surface area contributed by atoms with Gasteiger partial charge in [0.05, 0.1) is 18.7 Å². The van der Waals surface area contributed by atoms with E-state index in [9.17, 15) is 27.9 Å². The standard InChI is InChI=1S/C18H19F3N2O3/c19-18(20,21)7-15(25)22-8-13-16(11-3-1-2-4-12(11)22)14(9-24)23(13)17(26)10-5-6-10/h1-4,10,13-14,16,24H,5-9H2/t13-,14-,16+/m1/s1. The number of aliphatic hydroxyl groups is 1. The van der Waals surface area contributed by atoms with Crippen molar-refractivity contribution >= 4 is 17.5 Å². The van der Waals surface area contributed by atoms with E-state index in [0.717, 1.165) is 23.3 Å². The van der Waals surface area contributed by atoms with Crippen molar-refractivity contribution < 1.29 is 27.9 Å². The number of amides is 2. The number of likely N-dealkylation sites (tertiary alicyclic amines) is 1. The van der Waals surface area contributed by atoms with Crippen molar-refractivity contribution in [1.29, 1.82) is 0 Å². The molecule has 8 heteroatoms. The minimum absolute atomic E-state index is 0.0333. The summed E-state index contributed by atoms with van der Waals surface area (Å²) < 4.78 is 38.1.